The molecule has 0 aliphatic rings. The molecular weight excluding hydrogens is 190 g/mol. The van der Waals surface area contributed by atoms with E-state index in [1.165, 1.54) is 20.3 Å². The van der Waals surface area contributed by atoms with Gasteiger partial charge in [0.05, 0.1) is 24.8 Å². The molecule has 13 heavy (non-hydrogen) atoms. The number of benzene rings is 1. The second-order valence-electron chi connectivity index (χ2n) is 2.30. The summed E-state index contributed by atoms with van der Waals surface area (Å²) in [7, 11) is 3.00. The minimum atomic E-state index is 0.397. The van der Waals surface area contributed by atoms with Gasteiger partial charge in [-0.05, 0) is 6.07 Å². The molecule has 0 bridgehead atoms. The Hall–Kier alpha value is -1.40. The van der Waals surface area contributed by atoms with Gasteiger partial charge in [0, 0.05) is 6.07 Å². The normalized spacial score (nSPS) is 9.08. The van der Waals surface area contributed by atoms with Crippen molar-refractivity contribution in [3.05, 3.63) is 22.7 Å². The lowest BCUT2D eigenvalue weighted by Gasteiger charge is -2.07. The lowest BCUT2D eigenvalue weighted by Crippen LogP contribution is -1.91. The molecule has 0 fully saturated rings. The topological polar surface area (TPSA) is 42.2 Å². The lowest BCUT2D eigenvalue weighted by molar-refractivity contribution is 0.393. The Morgan fingerprint density at radius 3 is 2.31 bits per heavy atom. The standard InChI is InChI=1S/C9H8ClNO2/c1-12-8-4-9(13-2)7(10)3-6(8)5-11/h3-4H,1-2H3. The van der Waals surface area contributed by atoms with E-state index in [9.17, 15) is 0 Å². The molecule has 68 valence electrons. The first-order valence-electron chi connectivity index (χ1n) is 3.54. The molecule has 0 heterocycles. The third-order valence-corrected chi connectivity index (χ3v) is 1.89. The molecule has 0 radical (unpaired) electrons. The first-order valence-corrected chi connectivity index (χ1v) is 3.92. The van der Waals surface area contributed by atoms with Crippen LogP contribution in [0.15, 0.2) is 12.1 Å². The number of nitrogens with zero attached hydrogens (tertiary/aromatic N) is 1. The minimum Gasteiger partial charge on any atom is -0.495 e. The Labute approximate surface area is 81.4 Å². The van der Waals surface area contributed by atoms with Crippen LogP contribution in [0.1, 0.15) is 5.56 Å². The average Bonchev–Trinajstić information content (AvgIpc) is 2.17. The van der Waals surface area contributed by atoms with Gasteiger partial charge in [-0.1, -0.05) is 11.6 Å². The quantitative estimate of drug-likeness (QED) is 0.730. The molecule has 3 nitrogen and oxygen atoms in total. The second kappa shape index (κ2) is 4.01. The zero-order chi connectivity index (χ0) is 9.84. The second-order valence-corrected chi connectivity index (χ2v) is 2.71. The number of rotatable bonds is 2. The third-order valence-electron chi connectivity index (χ3n) is 1.59. The molecule has 0 aliphatic carbocycles. The molecule has 0 aliphatic heterocycles. The fraction of sp³-hybridized carbons (Fsp3) is 0.222. The first kappa shape index (κ1) is 9.69. The van der Waals surface area contributed by atoms with Crippen molar-refractivity contribution in [2.24, 2.45) is 0 Å². The maximum atomic E-state index is 8.71. The van der Waals surface area contributed by atoms with Crippen molar-refractivity contribution in [1.82, 2.24) is 0 Å². The summed E-state index contributed by atoms with van der Waals surface area (Å²) in [6.45, 7) is 0. The largest absolute Gasteiger partial charge is 0.495 e. The van der Waals surface area contributed by atoms with Crippen molar-refractivity contribution in [2.45, 2.75) is 0 Å². The number of methoxy groups -OCH3 is 2. The zero-order valence-electron chi connectivity index (χ0n) is 7.30. The van der Waals surface area contributed by atoms with E-state index in [4.69, 9.17) is 26.3 Å². The van der Waals surface area contributed by atoms with E-state index in [0.717, 1.165) is 0 Å². The summed E-state index contributed by atoms with van der Waals surface area (Å²) < 4.78 is 9.94. The van der Waals surface area contributed by atoms with E-state index >= 15 is 0 Å². The van der Waals surface area contributed by atoms with Crippen LogP contribution < -0.4 is 9.47 Å². The van der Waals surface area contributed by atoms with Gasteiger partial charge in [-0.3, -0.25) is 0 Å². The molecule has 0 spiro atoms. The predicted molar refractivity (Wildman–Crippen MR) is 49.3 cm³/mol. The highest BCUT2D eigenvalue weighted by Gasteiger charge is 2.08. The van der Waals surface area contributed by atoms with Crippen molar-refractivity contribution in [3.63, 3.8) is 0 Å². The van der Waals surface area contributed by atoms with E-state index in [1.54, 1.807) is 6.07 Å². The number of halogens is 1. The summed E-state index contributed by atoms with van der Waals surface area (Å²) in [5, 5.41) is 9.11. The third kappa shape index (κ3) is 1.85. The lowest BCUT2D eigenvalue weighted by atomic mass is 10.2. The molecule has 0 amide bonds. The monoisotopic (exact) mass is 197 g/mol. The molecule has 4 heteroatoms. The van der Waals surface area contributed by atoms with E-state index in [0.29, 0.717) is 22.1 Å². The summed E-state index contributed by atoms with van der Waals surface area (Å²) in [6, 6.07) is 5.07. The Kier molecular flexibility index (Phi) is 2.99. The summed E-state index contributed by atoms with van der Waals surface area (Å²) in [5.74, 6) is 0.960. The molecular formula is C9H8ClNO2. The molecule has 0 saturated heterocycles. The fourth-order valence-corrected chi connectivity index (χ4v) is 1.19. The molecule has 1 aromatic carbocycles. The maximum Gasteiger partial charge on any atom is 0.141 e. The van der Waals surface area contributed by atoms with Crippen LogP contribution in [-0.4, -0.2) is 14.2 Å². The van der Waals surface area contributed by atoms with Crippen LogP contribution in [0.5, 0.6) is 11.5 Å². The van der Waals surface area contributed by atoms with Crippen LogP contribution in [-0.2, 0) is 0 Å². The first-order chi connectivity index (χ1) is 6.22. The van der Waals surface area contributed by atoms with Crippen LogP contribution in [0.4, 0.5) is 0 Å². The summed E-state index contributed by atoms with van der Waals surface area (Å²) in [4.78, 5) is 0. The Morgan fingerprint density at radius 2 is 1.85 bits per heavy atom. The van der Waals surface area contributed by atoms with E-state index in [-0.39, 0.29) is 0 Å². The highest BCUT2D eigenvalue weighted by Crippen LogP contribution is 2.31. The molecule has 0 aromatic heterocycles. The smallest absolute Gasteiger partial charge is 0.141 e. The molecule has 0 atom stereocenters. The van der Waals surface area contributed by atoms with Gasteiger partial charge in [-0.2, -0.15) is 5.26 Å². The zero-order valence-corrected chi connectivity index (χ0v) is 8.05. The van der Waals surface area contributed by atoms with Gasteiger partial charge in [0.15, 0.2) is 0 Å². The highest BCUT2D eigenvalue weighted by atomic mass is 35.5. The van der Waals surface area contributed by atoms with Crippen molar-refractivity contribution >= 4 is 11.6 Å². The molecule has 1 rings (SSSR count). The van der Waals surface area contributed by atoms with E-state index < -0.39 is 0 Å². The molecule has 1 aromatic rings. The fourth-order valence-electron chi connectivity index (χ4n) is 0.947. The van der Waals surface area contributed by atoms with Gasteiger partial charge in [0.25, 0.3) is 0 Å². The van der Waals surface area contributed by atoms with Crippen LogP contribution in [0.2, 0.25) is 5.02 Å². The van der Waals surface area contributed by atoms with Crippen LogP contribution in [0.3, 0.4) is 0 Å². The van der Waals surface area contributed by atoms with Gasteiger partial charge >= 0.3 is 0 Å². The number of nitriles is 1. The van der Waals surface area contributed by atoms with Crippen molar-refractivity contribution in [3.8, 4) is 17.6 Å². The van der Waals surface area contributed by atoms with Crippen LogP contribution in [0, 0.1) is 11.3 Å². The SMILES string of the molecule is COc1cc(OC)c(C#N)cc1Cl. The Balaban J connectivity index is 3.28. The Bertz CT molecular complexity index is 357. The van der Waals surface area contributed by atoms with Gasteiger partial charge in [-0.15, -0.1) is 0 Å². The van der Waals surface area contributed by atoms with Crippen LogP contribution >= 0.6 is 11.6 Å². The number of hydrogen-bond donors (Lipinski definition) is 0. The Morgan fingerprint density at radius 1 is 1.23 bits per heavy atom. The molecule has 0 unspecified atom stereocenters. The minimum absolute atomic E-state index is 0.397. The van der Waals surface area contributed by atoms with Crippen molar-refractivity contribution < 1.29 is 9.47 Å². The van der Waals surface area contributed by atoms with Gasteiger partial charge in [0.1, 0.15) is 17.6 Å². The number of ether oxygens (including phenoxy) is 2. The average molecular weight is 198 g/mol. The van der Waals surface area contributed by atoms with Gasteiger partial charge < -0.3 is 9.47 Å². The summed E-state index contributed by atoms with van der Waals surface area (Å²) >= 11 is 5.81. The highest BCUT2D eigenvalue weighted by molar-refractivity contribution is 6.32. The van der Waals surface area contributed by atoms with Gasteiger partial charge in [0.2, 0.25) is 0 Å². The maximum absolute atomic E-state index is 8.71. The predicted octanol–water partition coefficient (Wildman–Crippen LogP) is 2.23. The van der Waals surface area contributed by atoms with Crippen LogP contribution in [0.25, 0.3) is 0 Å². The van der Waals surface area contributed by atoms with Crippen molar-refractivity contribution in [1.29, 1.82) is 5.26 Å². The van der Waals surface area contributed by atoms with E-state index in [2.05, 4.69) is 0 Å². The number of hydrogen-bond acceptors (Lipinski definition) is 3. The van der Waals surface area contributed by atoms with Gasteiger partial charge in [-0.25, -0.2) is 0 Å². The van der Waals surface area contributed by atoms with Crippen molar-refractivity contribution in [2.75, 3.05) is 14.2 Å². The molecule has 0 saturated carbocycles. The summed E-state index contributed by atoms with van der Waals surface area (Å²) in [6.07, 6.45) is 0. The molecule has 0 N–H and O–H groups in total. The summed E-state index contributed by atoms with van der Waals surface area (Å²) in [5.41, 5.74) is 0.397. The van der Waals surface area contributed by atoms with E-state index in [1.807, 2.05) is 6.07 Å².